The lowest BCUT2D eigenvalue weighted by Crippen LogP contribution is -2.36. The maximum atomic E-state index is 13.8. The number of hydrogen-bond acceptors (Lipinski definition) is 4. The molecule has 1 N–H and O–H groups in total. The SMILES string of the molecule is CCN(CC)CCNC(=O)c1cc2nc(C)cc(C(F)(F)C(F)(F)F)n2n1. The summed E-state index contributed by atoms with van der Waals surface area (Å²) in [6.45, 7) is 7.65. The minimum absolute atomic E-state index is 0.0465. The van der Waals surface area contributed by atoms with Crippen molar-refractivity contribution in [2.24, 2.45) is 0 Å². The first kappa shape index (κ1) is 21.0. The second kappa shape index (κ2) is 7.75. The molecule has 27 heavy (non-hydrogen) atoms. The van der Waals surface area contributed by atoms with E-state index >= 15 is 0 Å². The summed E-state index contributed by atoms with van der Waals surface area (Å²) in [7, 11) is 0. The van der Waals surface area contributed by atoms with Gasteiger partial charge in [0, 0.05) is 24.8 Å². The molecule has 0 radical (unpaired) electrons. The Labute approximate surface area is 152 Å². The van der Waals surface area contributed by atoms with Gasteiger partial charge in [-0.3, -0.25) is 4.79 Å². The van der Waals surface area contributed by atoms with E-state index in [2.05, 4.69) is 20.3 Å². The highest BCUT2D eigenvalue weighted by atomic mass is 19.4. The van der Waals surface area contributed by atoms with Crippen LogP contribution < -0.4 is 5.32 Å². The molecular formula is C16H20F5N5O. The predicted molar refractivity (Wildman–Crippen MR) is 87.8 cm³/mol. The summed E-state index contributed by atoms with van der Waals surface area (Å²) in [5, 5.41) is 6.19. The van der Waals surface area contributed by atoms with E-state index in [0.29, 0.717) is 17.1 Å². The molecule has 0 unspecified atom stereocenters. The molecule has 2 aromatic heterocycles. The van der Waals surface area contributed by atoms with Gasteiger partial charge in [0.25, 0.3) is 5.91 Å². The molecule has 0 spiro atoms. The zero-order chi connectivity index (χ0) is 20.4. The molecule has 0 atom stereocenters. The van der Waals surface area contributed by atoms with Crippen molar-refractivity contribution in [1.82, 2.24) is 24.8 Å². The number of likely N-dealkylation sites (N-methyl/N-ethyl adjacent to an activating group) is 1. The van der Waals surface area contributed by atoms with Crippen molar-refractivity contribution >= 4 is 11.6 Å². The molecule has 0 aliphatic rings. The number of aryl methyl sites for hydroxylation is 1. The first-order valence-corrected chi connectivity index (χ1v) is 8.34. The van der Waals surface area contributed by atoms with Gasteiger partial charge < -0.3 is 10.2 Å². The van der Waals surface area contributed by atoms with Gasteiger partial charge in [0.1, 0.15) is 5.69 Å². The molecule has 2 heterocycles. The molecule has 0 bridgehead atoms. The summed E-state index contributed by atoms with van der Waals surface area (Å²) < 4.78 is 66.3. The zero-order valence-corrected chi connectivity index (χ0v) is 15.1. The fourth-order valence-electron chi connectivity index (χ4n) is 2.54. The second-order valence-corrected chi connectivity index (χ2v) is 5.94. The van der Waals surface area contributed by atoms with Crippen LogP contribution in [0.5, 0.6) is 0 Å². The lowest BCUT2D eigenvalue weighted by atomic mass is 10.2. The third-order valence-corrected chi connectivity index (χ3v) is 4.07. The summed E-state index contributed by atoms with van der Waals surface area (Å²) in [6.07, 6.45) is -5.80. The Morgan fingerprint density at radius 1 is 1.19 bits per heavy atom. The lowest BCUT2D eigenvalue weighted by molar-refractivity contribution is -0.291. The number of aromatic nitrogens is 3. The van der Waals surface area contributed by atoms with E-state index in [0.717, 1.165) is 19.2 Å². The third kappa shape index (κ3) is 4.34. The topological polar surface area (TPSA) is 62.5 Å². The van der Waals surface area contributed by atoms with Gasteiger partial charge in [-0.15, -0.1) is 0 Å². The predicted octanol–water partition coefficient (Wildman–Crippen LogP) is 2.76. The molecule has 0 aliphatic heterocycles. The van der Waals surface area contributed by atoms with Crippen molar-refractivity contribution in [3.8, 4) is 0 Å². The zero-order valence-electron chi connectivity index (χ0n) is 15.1. The van der Waals surface area contributed by atoms with E-state index in [9.17, 15) is 26.7 Å². The largest absolute Gasteiger partial charge is 0.459 e. The van der Waals surface area contributed by atoms with Gasteiger partial charge >= 0.3 is 12.1 Å². The number of halogens is 5. The summed E-state index contributed by atoms with van der Waals surface area (Å²) in [5.74, 6) is -5.81. The van der Waals surface area contributed by atoms with E-state index in [1.165, 1.54) is 6.92 Å². The number of alkyl halides is 5. The first-order chi connectivity index (χ1) is 12.5. The van der Waals surface area contributed by atoms with Crippen molar-refractivity contribution in [3.05, 3.63) is 29.2 Å². The molecule has 0 aromatic carbocycles. The van der Waals surface area contributed by atoms with Crippen LogP contribution in [0.3, 0.4) is 0 Å². The van der Waals surface area contributed by atoms with Crippen LogP contribution >= 0.6 is 0 Å². The third-order valence-electron chi connectivity index (χ3n) is 4.07. The molecule has 0 aliphatic carbocycles. The van der Waals surface area contributed by atoms with Gasteiger partial charge in [0.15, 0.2) is 11.3 Å². The number of amides is 1. The van der Waals surface area contributed by atoms with E-state index in [4.69, 9.17) is 0 Å². The fourth-order valence-corrected chi connectivity index (χ4v) is 2.54. The van der Waals surface area contributed by atoms with Gasteiger partial charge in [-0.2, -0.15) is 27.1 Å². The highest BCUT2D eigenvalue weighted by Gasteiger charge is 2.60. The average Bonchev–Trinajstić information content (AvgIpc) is 3.00. The molecule has 0 saturated carbocycles. The van der Waals surface area contributed by atoms with Crippen LogP contribution in [0.4, 0.5) is 22.0 Å². The highest BCUT2D eigenvalue weighted by Crippen LogP contribution is 2.43. The Kier molecular flexibility index (Phi) is 6.03. The fraction of sp³-hybridized carbons (Fsp3) is 0.562. The van der Waals surface area contributed by atoms with Crippen LogP contribution in [0.25, 0.3) is 5.65 Å². The number of hydrogen-bond donors (Lipinski definition) is 1. The number of carbonyl (C=O) groups is 1. The van der Waals surface area contributed by atoms with Crippen molar-refractivity contribution in [1.29, 1.82) is 0 Å². The minimum Gasteiger partial charge on any atom is -0.349 e. The van der Waals surface area contributed by atoms with Gasteiger partial charge in [-0.1, -0.05) is 13.8 Å². The Hall–Kier alpha value is -2.30. The minimum atomic E-state index is -5.80. The normalized spacial score (nSPS) is 12.8. The van der Waals surface area contributed by atoms with Gasteiger partial charge in [0.05, 0.1) is 0 Å². The van der Waals surface area contributed by atoms with Crippen LogP contribution in [0.2, 0.25) is 0 Å². The number of rotatable bonds is 7. The summed E-state index contributed by atoms with van der Waals surface area (Å²) in [5.41, 5.74) is -1.98. The van der Waals surface area contributed by atoms with Gasteiger partial charge in [0.2, 0.25) is 0 Å². The molecule has 11 heteroatoms. The summed E-state index contributed by atoms with van der Waals surface area (Å²) >= 11 is 0. The number of nitrogens with one attached hydrogen (secondary N) is 1. The number of nitrogens with zero attached hydrogens (tertiary/aromatic N) is 4. The second-order valence-electron chi connectivity index (χ2n) is 5.94. The van der Waals surface area contributed by atoms with E-state index in [-0.39, 0.29) is 23.6 Å². The lowest BCUT2D eigenvalue weighted by Gasteiger charge is -2.20. The van der Waals surface area contributed by atoms with Crippen LogP contribution in [0, 0.1) is 6.92 Å². The summed E-state index contributed by atoms with van der Waals surface area (Å²) in [4.78, 5) is 18.1. The first-order valence-electron chi connectivity index (χ1n) is 8.34. The molecular weight excluding hydrogens is 373 g/mol. The van der Waals surface area contributed by atoms with Crippen LogP contribution in [-0.2, 0) is 5.92 Å². The smallest absolute Gasteiger partial charge is 0.349 e. The quantitative estimate of drug-likeness (QED) is 0.735. The van der Waals surface area contributed by atoms with Crippen LogP contribution in [0.15, 0.2) is 12.1 Å². The molecule has 1 amide bonds. The Balaban J connectivity index is 2.32. The Morgan fingerprint density at radius 2 is 1.81 bits per heavy atom. The Bertz CT molecular complexity index is 813. The average molecular weight is 393 g/mol. The maximum Gasteiger partial charge on any atom is 0.459 e. The van der Waals surface area contributed by atoms with Gasteiger partial charge in [-0.05, 0) is 26.1 Å². The van der Waals surface area contributed by atoms with E-state index < -0.39 is 23.7 Å². The molecule has 2 rings (SSSR count). The van der Waals surface area contributed by atoms with E-state index in [1.807, 2.05) is 13.8 Å². The van der Waals surface area contributed by atoms with Gasteiger partial charge in [-0.25, -0.2) is 9.50 Å². The molecule has 0 saturated heterocycles. The van der Waals surface area contributed by atoms with Crippen molar-refractivity contribution in [2.45, 2.75) is 32.9 Å². The number of carbonyl (C=O) groups excluding carboxylic acids is 1. The van der Waals surface area contributed by atoms with Crippen molar-refractivity contribution in [3.63, 3.8) is 0 Å². The van der Waals surface area contributed by atoms with Crippen LogP contribution in [-0.4, -0.2) is 57.8 Å². The monoisotopic (exact) mass is 393 g/mol. The molecule has 2 aromatic rings. The highest BCUT2D eigenvalue weighted by molar-refractivity contribution is 5.93. The standard InChI is InChI=1S/C16H20F5N5O/c1-4-25(5-2)7-6-22-14(27)11-9-13-23-10(3)8-12(26(13)24-11)15(17,18)16(19,20)21/h8-9H,4-7H2,1-3H3,(H,22,27). The maximum absolute atomic E-state index is 13.8. The van der Waals surface area contributed by atoms with Crippen molar-refractivity contribution < 1.29 is 26.7 Å². The molecule has 0 fully saturated rings. The Morgan fingerprint density at radius 3 is 2.37 bits per heavy atom. The summed E-state index contributed by atoms with van der Waals surface area (Å²) in [6, 6.07) is 1.69. The van der Waals surface area contributed by atoms with Crippen molar-refractivity contribution in [2.75, 3.05) is 26.2 Å². The molecule has 6 nitrogen and oxygen atoms in total. The molecule has 150 valence electrons. The number of fused-ring (bicyclic) bond motifs is 1. The van der Waals surface area contributed by atoms with Crippen LogP contribution in [0.1, 0.15) is 35.7 Å². The van der Waals surface area contributed by atoms with E-state index in [1.54, 1.807) is 0 Å².